The van der Waals surface area contributed by atoms with E-state index in [0.29, 0.717) is 23.3 Å². The number of methoxy groups -OCH3 is 1. The number of hydrogen-bond acceptors (Lipinski definition) is 4. The van der Waals surface area contributed by atoms with E-state index in [4.69, 9.17) is 4.74 Å². The molecule has 0 atom stereocenters. The lowest BCUT2D eigenvalue weighted by molar-refractivity contribution is 0.102. The highest BCUT2D eigenvalue weighted by molar-refractivity contribution is 9.10. The first-order chi connectivity index (χ1) is 10.1. The average Bonchev–Trinajstić information content (AvgIpc) is 2.48. The van der Waals surface area contributed by atoms with Crippen molar-refractivity contribution in [3.05, 3.63) is 57.2 Å². The highest BCUT2D eigenvalue weighted by atomic mass is 79.9. The zero-order valence-corrected chi connectivity index (χ0v) is 13.0. The fraction of sp³-hybridized carbons (Fsp3) is 0.214. The number of carbonyl (C=O) groups excluding carboxylic acids is 1. The fourth-order valence-electron chi connectivity index (χ4n) is 1.71. The molecule has 2 rings (SSSR count). The minimum absolute atomic E-state index is 0.149. The molecule has 2 aromatic rings. The van der Waals surface area contributed by atoms with E-state index in [9.17, 15) is 9.59 Å². The Morgan fingerprint density at radius 1 is 1.43 bits per heavy atom. The molecule has 7 heteroatoms. The van der Waals surface area contributed by atoms with Crippen LogP contribution in [0.15, 0.2) is 45.9 Å². The van der Waals surface area contributed by atoms with Crippen LogP contribution >= 0.6 is 15.9 Å². The number of nitrogens with one attached hydrogen (secondary N) is 1. The summed E-state index contributed by atoms with van der Waals surface area (Å²) in [6.45, 7) is 0.843. The topological polar surface area (TPSA) is 73.2 Å². The average molecular weight is 352 g/mol. The second kappa shape index (κ2) is 7.14. The largest absolute Gasteiger partial charge is 0.383 e. The Hall–Kier alpha value is -1.99. The summed E-state index contributed by atoms with van der Waals surface area (Å²) >= 11 is 3.28. The van der Waals surface area contributed by atoms with Gasteiger partial charge in [-0.25, -0.2) is 4.98 Å². The minimum Gasteiger partial charge on any atom is -0.383 e. The number of amides is 1. The zero-order valence-electron chi connectivity index (χ0n) is 11.4. The number of nitrogens with zero attached hydrogens (tertiary/aromatic N) is 2. The maximum atomic E-state index is 12.1. The predicted molar refractivity (Wildman–Crippen MR) is 82.5 cm³/mol. The van der Waals surface area contributed by atoms with Crippen LogP contribution < -0.4 is 10.9 Å². The molecule has 0 fully saturated rings. The van der Waals surface area contributed by atoms with Crippen molar-refractivity contribution in [2.45, 2.75) is 6.54 Å². The Morgan fingerprint density at radius 3 is 2.95 bits per heavy atom. The van der Waals surface area contributed by atoms with Gasteiger partial charge in [0, 0.05) is 36.6 Å². The van der Waals surface area contributed by atoms with E-state index in [1.54, 1.807) is 37.7 Å². The maximum absolute atomic E-state index is 12.1. The molecule has 0 radical (unpaired) electrons. The van der Waals surface area contributed by atoms with Gasteiger partial charge < -0.3 is 14.6 Å². The van der Waals surface area contributed by atoms with Crippen LogP contribution in [0.4, 0.5) is 5.69 Å². The molecule has 0 aliphatic carbocycles. The number of hydrogen-bond donors (Lipinski definition) is 1. The first-order valence-electron chi connectivity index (χ1n) is 6.23. The SMILES string of the molecule is COCCn1cc(NC(=O)c2ncccc2Br)ccc1=O. The van der Waals surface area contributed by atoms with Crippen molar-refractivity contribution in [1.29, 1.82) is 0 Å². The number of pyridine rings is 2. The molecule has 1 amide bonds. The van der Waals surface area contributed by atoms with Crippen LogP contribution in [0.1, 0.15) is 10.5 Å². The predicted octanol–water partition coefficient (Wildman–Crippen LogP) is 1.90. The Labute approximate surface area is 129 Å². The highest BCUT2D eigenvalue weighted by Gasteiger charge is 2.11. The number of carbonyl (C=O) groups is 1. The van der Waals surface area contributed by atoms with Gasteiger partial charge in [0.05, 0.1) is 12.3 Å². The number of anilines is 1. The molecular formula is C14H14BrN3O3. The normalized spacial score (nSPS) is 10.4. The smallest absolute Gasteiger partial charge is 0.275 e. The van der Waals surface area contributed by atoms with Gasteiger partial charge in [0.15, 0.2) is 0 Å². The van der Waals surface area contributed by atoms with Gasteiger partial charge in [-0.2, -0.15) is 0 Å². The molecule has 21 heavy (non-hydrogen) atoms. The third-order valence-corrected chi connectivity index (χ3v) is 3.39. The van der Waals surface area contributed by atoms with E-state index in [0.717, 1.165) is 0 Å². The summed E-state index contributed by atoms with van der Waals surface area (Å²) in [7, 11) is 1.56. The van der Waals surface area contributed by atoms with Crippen molar-refractivity contribution in [1.82, 2.24) is 9.55 Å². The molecule has 2 aromatic heterocycles. The Kier molecular flexibility index (Phi) is 5.24. The molecule has 0 saturated heterocycles. The first-order valence-corrected chi connectivity index (χ1v) is 7.02. The number of ether oxygens (including phenoxy) is 1. The van der Waals surface area contributed by atoms with Crippen molar-refractivity contribution >= 4 is 27.5 Å². The van der Waals surface area contributed by atoms with Crippen LogP contribution in [0.25, 0.3) is 0 Å². The maximum Gasteiger partial charge on any atom is 0.275 e. The highest BCUT2D eigenvalue weighted by Crippen LogP contribution is 2.15. The van der Waals surface area contributed by atoms with Gasteiger partial charge in [-0.1, -0.05) is 0 Å². The molecule has 110 valence electrons. The summed E-state index contributed by atoms with van der Waals surface area (Å²) in [5, 5.41) is 2.71. The first kappa shape index (κ1) is 15.4. The monoisotopic (exact) mass is 351 g/mol. The second-order valence-corrected chi connectivity index (χ2v) is 5.08. The van der Waals surface area contributed by atoms with Crippen LogP contribution in [0.5, 0.6) is 0 Å². The molecule has 0 unspecified atom stereocenters. The second-order valence-electron chi connectivity index (χ2n) is 4.23. The molecular weight excluding hydrogens is 338 g/mol. The van der Waals surface area contributed by atoms with E-state index >= 15 is 0 Å². The molecule has 0 aromatic carbocycles. The Bertz CT molecular complexity index is 700. The van der Waals surface area contributed by atoms with Gasteiger partial charge >= 0.3 is 0 Å². The molecule has 0 saturated carbocycles. The van der Waals surface area contributed by atoms with Crippen LogP contribution in [0, 0.1) is 0 Å². The zero-order chi connectivity index (χ0) is 15.2. The molecule has 0 aliphatic heterocycles. The number of rotatable bonds is 5. The van der Waals surface area contributed by atoms with Gasteiger partial charge in [-0.15, -0.1) is 0 Å². The Balaban J connectivity index is 2.18. The van der Waals surface area contributed by atoms with Crippen LogP contribution in [-0.4, -0.2) is 29.2 Å². The van der Waals surface area contributed by atoms with Gasteiger partial charge in [0.25, 0.3) is 11.5 Å². The molecule has 1 N–H and O–H groups in total. The van der Waals surface area contributed by atoms with Crippen molar-refractivity contribution in [3.63, 3.8) is 0 Å². The standard InChI is InChI=1S/C14H14BrN3O3/c1-21-8-7-18-9-10(4-5-12(18)19)17-14(20)13-11(15)3-2-6-16-13/h2-6,9H,7-8H2,1H3,(H,17,20). The lowest BCUT2D eigenvalue weighted by atomic mass is 10.3. The summed E-state index contributed by atoms with van der Waals surface area (Å²) in [4.78, 5) is 27.8. The molecule has 0 spiro atoms. The molecule has 0 aliphatic rings. The van der Waals surface area contributed by atoms with E-state index < -0.39 is 0 Å². The van der Waals surface area contributed by atoms with Crippen molar-refractivity contribution in [3.8, 4) is 0 Å². The van der Waals surface area contributed by atoms with Gasteiger partial charge in [0.1, 0.15) is 5.69 Å². The minimum atomic E-state index is -0.348. The lowest BCUT2D eigenvalue weighted by Crippen LogP contribution is -2.22. The molecule has 6 nitrogen and oxygen atoms in total. The van der Waals surface area contributed by atoms with E-state index in [1.165, 1.54) is 10.6 Å². The summed E-state index contributed by atoms with van der Waals surface area (Å²) < 4.78 is 7.03. The van der Waals surface area contributed by atoms with E-state index in [2.05, 4.69) is 26.2 Å². The van der Waals surface area contributed by atoms with Gasteiger partial charge in [-0.05, 0) is 34.1 Å². The summed E-state index contributed by atoms with van der Waals surface area (Å²) in [5.41, 5.74) is 0.657. The third-order valence-electron chi connectivity index (χ3n) is 2.75. The van der Waals surface area contributed by atoms with Crippen LogP contribution in [-0.2, 0) is 11.3 Å². The number of halogens is 1. The molecule has 0 bridgehead atoms. The lowest BCUT2D eigenvalue weighted by Gasteiger charge is -2.09. The van der Waals surface area contributed by atoms with Gasteiger partial charge in [0.2, 0.25) is 0 Å². The summed E-state index contributed by atoms with van der Waals surface area (Å²) in [5.74, 6) is -0.348. The summed E-state index contributed by atoms with van der Waals surface area (Å²) in [6, 6.07) is 6.42. The number of aromatic nitrogens is 2. The van der Waals surface area contributed by atoms with E-state index in [1.807, 2.05) is 0 Å². The van der Waals surface area contributed by atoms with E-state index in [-0.39, 0.29) is 17.2 Å². The van der Waals surface area contributed by atoms with Crippen LogP contribution in [0.3, 0.4) is 0 Å². The van der Waals surface area contributed by atoms with Crippen molar-refractivity contribution in [2.24, 2.45) is 0 Å². The van der Waals surface area contributed by atoms with Gasteiger partial charge in [-0.3, -0.25) is 9.59 Å². The fourth-order valence-corrected chi connectivity index (χ4v) is 2.15. The third kappa shape index (κ3) is 3.99. The van der Waals surface area contributed by atoms with Crippen LogP contribution in [0.2, 0.25) is 0 Å². The van der Waals surface area contributed by atoms with Crippen molar-refractivity contribution < 1.29 is 9.53 Å². The quantitative estimate of drug-likeness (QED) is 0.892. The van der Waals surface area contributed by atoms with Crippen molar-refractivity contribution in [2.75, 3.05) is 19.0 Å². The Morgan fingerprint density at radius 2 is 2.24 bits per heavy atom. The molecule has 2 heterocycles. The summed E-state index contributed by atoms with van der Waals surface area (Å²) in [6.07, 6.45) is 3.12.